The summed E-state index contributed by atoms with van der Waals surface area (Å²) in [6.07, 6.45) is 2.15. The Bertz CT molecular complexity index is 624. The fourth-order valence-corrected chi connectivity index (χ4v) is 4.90. The third kappa shape index (κ3) is 3.02. The summed E-state index contributed by atoms with van der Waals surface area (Å²) in [5.74, 6) is 0. The van der Waals surface area contributed by atoms with Gasteiger partial charge < -0.3 is 5.32 Å². The Morgan fingerprint density at radius 2 is 2.16 bits per heavy atom. The maximum absolute atomic E-state index is 4.32. The predicted octanol–water partition coefficient (Wildman–Crippen LogP) is 4.02. The van der Waals surface area contributed by atoms with E-state index in [2.05, 4.69) is 40.0 Å². The van der Waals surface area contributed by atoms with Gasteiger partial charge in [-0.05, 0) is 37.0 Å². The number of aromatic nitrogens is 2. The van der Waals surface area contributed by atoms with E-state index >= 15 is 0 Å². The van der Waals surface area contributed by atoms with Crippen LogP contribution in [0.2, 0.25) is 0 Å². The Kier molecular flexibility index (Phi) is 4.22. The maximum atomic E-state index is 4.32. The van der Waals surface area contributed by atoms with Gasteiger partial charge in [0.05, 0.1) is 4.88 Å². The first-order chi connectivity index (χ1) is 9.36. The van der Waals surface area contributed by atoms with Gasteiger partial charge in [-0.3, -0.25) is 0 Å². The van der Waals surface area contributed by atoms with E-state index in [0.717, 1.165) is 35.9 Å². The second kappa shape index (κ2) is 6.09. The summed E-state index contributed by atoms with van der Waals surface area (Å²) < 4.78 is 2.70. The molecule has 0 unspecified atom stereocenters. The highest BCUT2D eigenvalue weighted by molar-refractivity contribution is 7.30. The van der Waals surface area contributed by atoms with Crippen molar-refractivity contribution in [2.45, 2.75) is 19.8 Å². The molecule has 0 spiro atoms. The molecule has 0 fully saturated rings. The molecule has 19 heavy (non-hydrogen) atoms. The lowest BCUT2D eigenvalue weighted by Gasteiger charge is -1.97. The lowest BCUT2D eigenvalue weighted by atomic mass is 10.3. The molecular weight excluding hydrogens is 294 g/mol. The van der Waals surface area contributed by atoms with Gasteiger partial charge in [0.2, 0.25) is 0 Å². The summed E-state index contributed by atoms with van der Waals surface area (Å²) in [7, 11) is 0. The summed E-state index contributed by atoms with van der Waals surface area (Å²) in [5.41, 5.74) is 0. The van der Waals surface area contributed by atoms with Crippen molar-refractivity contribution in [3.05, 3.63) is 22.5 Å². The third-order valence-electron chi connectivity index (χ3n) is 2.81. The number of thiophene rings is 2. The number of hydrogen-bond donors (Lipinski definition) is 1. The Hall–Kier alpha value is -0.820. The van der Waals surface area contributed by atoms with Gasteiger partial charge in [-0.2, -0.15) is 0 Å². The molecule has 0 radical (unpaired) electrons. The Morgan fingerprint density at radius 3 is 3.00 bits per heavy atom. The van der Waals surface area contributed by atoms with Crippen molar-refractivity contribution in [1.29, 1.82) is 0 Å². The van der Waals surface area contributed by atoms with Gasteiger partial charge in [0.1, 0.15) is 5.01 Å². The van der Waals surface area contributed by atoms with E-state index in [-0.39, 0.29) is 0 Å². The Labute approximate surface area is 124 Å². The second-order valence-electron chi connectivity index (χ2n) is 4.22. The van der Waals surface area contributed by atoms with Crippen LogP contribution in [0, 0.1) is 0 Å². The van der Waals surface area contributed by atoms with Crippen LogP contribution in [-0.2, 0) is 6.42 Å². The molecule has 0 aliphatic carbocycles. The molecule has 6 heteroatoms. The lowest BCUT2D eigenvalue weighted by molar-refractivity contribution is 0.669. The average molecular weight is 309 g/mol. The maximum Gasteiger partial charge on any atom is 0.157 e. The fourth-order valence-electron chi connectivity index (χ4n) is 1.87. The number of aryl methyl sites for hydroxylation is 1. The van der Waals surface area contributed by atoms with Crippen molar-refractivity contribution in [2.24, 2.45) is 0 Å². The highest BCUT2D eigenvalue weighted by Crippen LogP contribution is 2.37. The van der Waals surface area contributed by atoms with Gasteiger partial charge in [0, 0.05) is 15.8 Å². The van der Waals surface area contributed by atoms with E-state index < -0.39 is 0 Å². The van der Waals surface area contributed by atoms with E-state index in [1.54, 1.807) is 22.7 Å². The van der Waals surface area contributed by atoms with Gasteiger partial charge in [0.15, 0.2) is 5.01 Å². The number of nitrogens with one attached hydrogen (secondary N) is 1. The van der Waals surface area contributed by atoms with Gasteiger partial charge in [-0.25, -0.2) is 0 Å². The quantitative estimate of drug-likeness (QED) is 0.699. The van der Waals surface area contributed by atoms with E-state index in [9.17, 15) is 0 Å². The molecule has 0 aliphatic rings. The van der Waals surface area contributed by atoms with Crippen molar-refractivity contribution in [3.8, 4) is 9.88 Å². The smallest absolute Gasteiger partial charge is 0.157 e. The summed E-state index contributed by atoms with van der Waals surface area (Å²) in [4.78, 5) is 1.25. The van der Waals surface area contributed by atoms with E-state index in [0.29, 0.717) is 0 Å². The van der Waals surface area contributed by atoms with Gasteiger partial charge in [0.25, 0.3) is 0 Å². The van der Waals surface area contributed by atoms with Crippen LogP contribution in [0.25, 0.3) is 19.3 Å². The molecule has 0 aliphatic heterocycles. The minimum Gasteiger partial charge on any atom is -0.317 e. The highest BCUT2D eigenvalue weighted by atomic mass is 32.1. The minimum atomic E-state index is 1.02. The standard InChI is InChI=1S/C13H15N3S3/c1-2-14-6-3-4-12-15-16-13(19-12)11-8-10-9(18-11)5-7-17-10/h5,7-8,14H,2-4,6H2,1H3. The van der Waals surface area contributed by atoms with Crippen LogP contribution in [0.3, 0.4) is 0 Å². The molecule has 0 saturated heterocycles. The summed E-state index contributed by atoms with van der Waals surface area (Å²) in [6, 6.07) is 4.40. The highest BCUT2D eigenvalue weighted by Gasteiger charge is 2.10. The first kappa shape index (κ1) is 13.2. The molecule has 3 rings (SSSR count). The Morgan fingerprint density at radius 1 is 1.21 bits per heavy atom. The zero-order chi connectivity index (χ0) is 13.1. The lowest BCUT2D eigenvalue weighted by Crippen LogP contribution is -2.14. The van der Waals surface area contributed by atoms with Crippen LogP contribution in [0.5, 0.6) is 0 Å². The zero-order valence-corrected chi connectivity index (χ0v) is 13.1. The zero-order valence-electron chi connectivity index (χ0n) is 10.7. The molecule has 3 nitrogen and oxygen atoms in total. The second-order valence-corrected chi connectivity index (χ2v) is 7.31. The molecule has 3 aromatic rings. The molecule has 3 heterocycles. The number of rotatable bonds is 6. The topological polar surface area (TPSA) is 37.8 Å². The molecule has 0 saturated carbocycles. The first-order valence-corrected chi connectivity index (χ1v) is 8.88. The molecule has 0 amide bonds. The molecule has 0 atom stereocenters. The summed E-state index contributed by atoms with van der Waals surface area (Å²) in [6.45, 7) is 4.22. The van der Waals surface area contributed by atoms with E-state index in [1.807, 2.05) is 11.3 Å². The minimum absolute atomic E-state index is 1.02. The normalized spacial score (nSPS) is 11.4. The van der Waals surface area contributed by atoms with Crippen LogP contribution in [0.1, 0.15) is 18.4 Å². The van der Waals surface area contributed by atoms with Gasteiger partial charge in [-0.15, -0.1) is 32.9 Å². The fraction of sp³-hybridized carbons (Fsp3) is 0.385. The summed E-state index contributed by atoms with van der Waals surface area (Å²) in [5, 5.41) is 16.3. The predicted molar refractivity (Wildman–Crippen MR) is 85.5 cm³/mol. The molecular formula is C13H15N3S3. The number of fused-ring (bicyclic) bond motifs is 1. The van der Waals surface area contributed by atoms with Crippen LogP contribution >= 0.6 is 34.0 Å². The average Bonchev–Trinajstić information content (AvgIpc) is 3.08. The largest absolute Gasteiger partial charge is 0.317 e. The van der Waals surface area contributed by atoms with Crippen LogP contribution in [0.4, 0.5) is 0 Å². The van der Waals surface area contributed by atoms with E-state index in [4.69, 9.17) is 0 Å². The van der Waals surface area contributed by atoms with Crippen molar-refractivity contribution in [3.63, 3.8) is 0 Å². The SMILES string of the molecule is CCNCCCc1nnc(-c2cc3sccc3s2)s1. The summed E-state index contributed by atoms with van der Waals surface area (Å²) >= 11 is 5.32. The van der Waals surface area contributed by atoms with Crippen molar-refractivity contribution >= 4 is 43.4 Å². The Balaban J connectivity index is 1.68. The van der Waals surface area contributed by atoms with Gasteiger partial charge in [-0.1, -0.05) is 18.3 Å². The van der Waals surface area contributed by atoms with Crippen LogP contribution < -0.4 is 5.32 Å². The molecule has 3 aromatic heterocycles. The first-order valence-electron chi connectivity index (χ1n) is 6.37. The monoisotopic (exact) mass is 309 g/mol. The number of nitrogens with zero attached hydrogens (tertiary/aromatic N) is 2. The van der Waals surface area contributed by atoms with Crippen molar-refractivity contribution in [2.75, 3.05) is 13.1 Å². The molecule has 0 bridgehead atoms. The van der Waals surface area contributed by atoms with E-state index in [1.165, 1.54) is 14.3 Å². The third-order valence-corrected chi connectivity index (χ3v) is 6.06. The van der Waals surface area contributed by atoms with Crippen LogP contribution in [0.15, 0.2) is 17.5 Å². The van der Waals surface area contributed by atoms with Crippen LogP contribution in [-0.4, -0.2) is 23.3 Å². The molecule has 0 aromatic carbocycles. The molecule has 100 valence electrons. The number of hydrogen-bond acceptors (Lipinski definition) is 6. The molecule has 1 N–H and O–H groups in total. The van der Waals surface area contributed by atoms with Crippen molar-refractivity contribution in [1.82, 2.24) is 15.5 Å². The van der Waals surface area contributed by atoms with Gasteiger partial charge >= 0.3 is 0 Å². The van der Waals surface area contributed by atoms with Crippen molar-refractivity contribution < 1.29 is 0 Å².